The van der Waals surface area contributed by atoms with E-state index in [0.29, 0.717) is 11.6 Å². The van der Waals surface area contributed by atoms with E-state index in [9.17, 15) is 9.59 Å². The molecule has 0 spiro atoms. The summed E-state index contributed by atoms with van der Waals surface area (Å²) in [6.07, 6.45) is 0.256. The third kappa shape index (κ3) is 2.34. The van der Waals surface area contributed by atoms with E-state index in [1.165, 1.54) is 0 Å². The van der Waals surface area contributed by atoms with Crippen LogP contribution in [0, 0.1) is 12.8 Å². The highest BCUT2D eigenvalue weighted by molar-refractivity contribution is 6.31. The third-order valence-electron chi connectivity index (χ3n) is 3.20. The smallest absolute Gasteiger partial charge is 0.227 e. The van der Waals surface area contributed by atoms with Crippen molar-refractivity contribution in [1.82, 2.24) is 5.32 Å². The first-order chi connectivity index (χ1) is 8.52. The van der Waals surface area contributed by atoms with Crippen molar-refractivity contribution >= 4 is 29.1 Å². The lowest BCUT2D eigenvalue weighted by Crippen LogP contribution is -2.30. The maximum Gasteiger partial charge on any atom is 0.227 e. The number of benzene rings is 1. The number of carbonyl (C=O) groups is 2. The zero-order valence-electron chi connectivity index (χ0n) is 10.4. The van der Waals surface area contributed by atoms with Crippen LogP contribution < -0.4 is 10.2 Å². The van der Waals surface area contributed by atoms with E-state index >= 15 is 0 Å². The lowest BCUT2D eigenvalue weighted by molar-refractivity contribution is -0.125. The van der Waals surface area contributed by atoms with Gasteiger partial charge in [-0.05, 0) is 24.6 Å². The predicted octanol–water partition coefficient (Wildman–Crippen LogP) is 1.75. The first kappa shape index (κ1) is 12.9. The van der Waals surface area contributed by atoms with E-state index in [1.54, 1.807) is 24.1 Å². The largest absolute Gasteiger partial charge is 0.359 e. The highest BCUT2D eigenvalue weighted by Gasteiger charge is 2.35. The molecule has 1 heterocycles. The summed E-state index contributed by atoms with van der Waals surface area (Å²) in [6, 6.07) is 5.43. The minimum atomic E-state index is -0.277. The molecule has 1 fully saturated rings. The number of hydrogen-bond acceptors (Lipinski definition) is 2. The van der Waals surface area contributed by atoms with Crippen molar-refractivity contribution in [3.8, 4) is 0 Å². The Morgan fingerprint density at radius 1 is 1.50 bits per heavy atom. The van der Waals surface area contributed by atoms with Gasteiger partial charge in [0.2, 0.25) is 11.8 Å². The molecule has 1 atom stereocenters. The summed E-state index contributed by atoms with van der Waals surface area (Å²) in [4.78, 5) is 25.2. The van der Waals surface area contributed by atoms with Crippen molar-refractivity contribution in [1.29, 1.82) is 0 Å². The molecular weight excluding hydrogens is 252 g/mol. The SMILES string of the molecule is CNC(=O)[C@H]1CC(=O)N(c2cc(Cl)ccc2C)C1. The lowest BCUT2D eigenvalue weighted by Gasteiger charge is -2.19. The van der Waals surface area contributed by atoms with Gasteiger partial charge in [0, 0.05) is 30.7 Å². The summed E-state index contributed by atoms with van der Waals surface area (Å²) in [5.41, 5.74) is 1.77. The fraction of sp³-hybridized carbons (Fsp3) is 0.385. The van der Waals surface area contributed by atoms with Crippen LogP contribution in [-0.4, -0.2) is 25.4 Å². The van der Waals surface area contributed by atoms with E-state index < -0.39 is 0 Å². The Morgan fingerprint density at radius 2 is 2.22 bits per heavy atom. The molecule has 18 heavy (non-hydrogen) atoms. The molecule has 1 aromatic rings. The van der Waals surface area contributed by atoms with Gasteiger partial charge in [-0.1, -0.05) is 17.7 Å². The number of nitrogens with zero attached hydrogens (tertiary/aromatic N) is 1. The fourth-order valence-electron chi connectivity index (χ4n) is 2.19. The monoisotopic (exact) mass is 266 g/mol. The van der Waals surface area contributed by atoms with Crippen LogP contribution >= 0.6 is 11.6 Å². The van der Waals surface area contributed by atoms with Gasteiger partial charge in [0.15, 0.2) is 0 Å². The summed E-state index contributed by atoms with van der Waals surface area (Å²) in [6.45, 7) is 2.34. The molecule has 0 aromatic heterocycles. The predicted molar refractivity (Wildman–Crippen MR) is 70.7 cm³/mol. The summed E-state index contributed by atoms with van der Waals surface area (Å²) in [5.74, 6) is -0.402. The molecule has 4 nitrogen and oxygen atoms in total. The molecule has 2 rings (SSSR count). The Morgan fingerprint density at radius 3 is 2.89 bits per heavy atom. The zero-order valence-corrected chi connectivity index (χ0v) is 11.1. The molecule has 0 unspecified atom stereocenters. The quantitative estimate of drug-likeness (QED) is 0.887. The zero-order chi connectivity index (χ0) is 13.3. The maximum atomic E-state index is 12.0. The third-order valence-corrected chi connectivity index (χ3v) is 3.44. The maximum absolute atomic E-state index is 12.0. The number of hydrogen-bond donors (Lipinski definition) is 1. The van der Waals surface area contributed by atoms with Crippen molar-refractivity contribution in [2.75, 3.05) is 18.5 Å². The van der Waals surface area contributed by atoms with E-state index in [2.05, 4.69) is 5.32 Å². The molecule has 1 aromatic carbocycles. The van der Waals surface area contributed by atoms with Crippen LogP contribution in [0.15, 0.2) is 18.2 Å². The van der Waals surface area contributed by atoms with E-state index in [0.717, 1.165) is 11.3 Å². The number of anilines is 1. The average molecular weight is 267 g/mol. The normalized spacial score (nSPS) is 19.2. The van der Waals surface area contributed by atoms with E-state index in [4.69, 9.17) is 11.6 Å². The highest BCUT2D eigenvalue weighted by atomic mass is 35.5. The number of rotatable bonds is 2. The van der Waals surface area contributed by atoms with Crippen LogP contribution in [0.4, 0.5) is 5.69 Å². The molecule has 96 valence electrons. The molecular formula is C13H15ClN2O2. The van der Waals surface area contributed by atoms with Gasteiger partial charge in [-0.3, -0.25) is 9.59 Å². The van der Waals surface area contributed by atoms with Crippen molar-refractivity contribution < 1.29 is 9.59 Å². The van der Waals surface area contributed by atoms with Crippen LogP contribution in [0.2, 0.25) is 5.02 Å². The molecule has 1 saturated heterocycles. The van der Waals surface area contributed by atoms with Crippen molar-refractivity contribution in [2.45, 2.75) is 13.3 Å². The number of carbonyl (C=O) groups excluding carboxylic acids is 2. The second-order valence-electron chi connectivity index (χ2n) is 4.45. The standard InChI is InChI=1S/C13H15ClN2O2/c1-8-3-4-10(14)6-11(8)16-7-9(5-12(16)17)13(18)15-2/h3-4,6,9H,5,7H2,1-2H3,(H,15,18)/t9-/m0/s1. The topological polar surface area (TPSA) is 49.4 Å². The van der Waals surface area contributed by atoms with Gasteiger partial charge in [0.25, 0.3) is 0 Å². The van der Waals surface area contributed by atoms with Gasteiger partial charge in [-0.15, -0.1) is 0 Å². The number of aryl methyl sites for hydroxylation is 1. The molecule has 0 aliphatic carbocycles. The highest BCUT2D eigenvalue weighted by Crippen LogP contribution is 2.30. The van der Waals surface area contributed by atoms with Crippen LogP contribution in [0.3, 0.4) is 0 Å². The summed E-state index contributed by atoms with van der Waals surface area (Å²) < 4.78 is 0. The van der Waals surface area contributed by atoms with Gasteiger partial charge < -0.3 is 10.2 Å². The average Bonchev–Trinajstić information content (AvgIpc) is 2.73. The second-order valence-corrected chi connectivity index (χ2v) is 4.89. The summed E-state index contributed by atoms with van der Waals surface area (Å²) in [5, 5.41) is 3.17. The molecule has 0 radical (unpaired) electrons. The van der Waals surface area contributed by atoms with Crippen LogP contribution in [0.25, 0.3) is 0 Å². The molecule has 1 aliphatic heterocycles. The van der Waals surface area contributed by atoms with Crippen LogP contribution in [-0.2, 0) is 9.59 Å². The Kier molecular flexibility index (Phi) is 3.57. The van der Waals surface area contributed by atoms with Crippen molar-refractivity contribution in [2.24, 2.45) is 5.92 Å². The van der Waals surface area contributed by atoms with Gasteiger partial charge in [-0.2, -0.15) is 0 Å². The number of nitrogens with one attached hydrogen (secondary N) is 1. The van der Waals surface area contributed by atoms with Gasteiger partial charge >= 0.3 is 0 Å². The van der Waals surface area contributed by atoms with Crippen molar-refractivity contribution in [3.63, 3.8) is 0 Å². The molecule has 0 saturated carbocycles. The number of amides is 2. The van der Waals surface area contributed by atoms with Gasteiger partial charge in [0.05, 0.1) is 5.92 Å². The Bertz CT molecular complexity index is 502. The Balaban J connectivity index is 2.27. The molecule has 2 amide bonds. The Hall–Kier alpha value is -1.55. The van der Waals surface area contributed by atoms with Crippen molar-refractivity contribution in [3.05, 3.63) is 28.8 Å². The number of halogens is 1. The fourth-order valence-corrected chi connectivity index (χ4v) is 2.36. The molecule has 1 N–H and O–H groups in total. The molecule has 0 bridgehead atoms. The first-order valence-electron chi connectivity index (χ1n) is 5.81. The van der Waals surface area contributed by atoms with E-state index in [-0.39, 0.29) is 24.2 Å². The first-order valence-corrected chi connectivity index (χ1v) is 6.19. The second kappa shape index (κ2) is 4.98. The van der Waals surface area contributed by atoms with E-state index in [1.807, 2.05) is 13.0 Å². The van der Waals surface area contributed by atoms with Crippen LogP contribution in [0.5, 0.6) is 0 Å². The summed E-state index contributed by atoms with van der Waals surface area (Å²) >= 11 is 5.95. The molecule has 5 heteroatoms. The van der Waals surface area contributed by atoms with Gasteiger partial charge in [-0.25, -0.2) is 0 Å². The Labute approximate surface area is 111 Å². The minimum absolute atomic E-state index is 0.0334. The lowest BCUT2D eigenvalue weighted by atomic mass is 10.1. The minimum Gasteiger partial charge on any atom is -0.359 e. The molecule has 1 aliphatic rings. The van der Waals surface area contributed by atoms with Gasteiger partial charge in [0.1, 0.15) is 0 Å². The van der Waals surface area contributed by atoms with Crippen LogP contribution in [0.1, 0.15) is 12.0 Å². The summed E-state index contributed by atoms with van der Waals surface area (Å²) in [7, 11) is 1.58.